The first-order valence-corrected chi connectivity index (χ1v) is 13.4. The Morgan fingerprint density at radius 1 is 1.41 bits per heavy atom. The number of aliphatic hydroxyl groups is 1. The third kappa shape index (κ3) is 5.91. The van der Waals surface area contributed by atoms with Crippen LogP contribution in [0, 0.1) is 5.92 Å². The summed E-state index contributed by atoms with van der Waals surface area (Å²) in [5, 5.41) is 12.3. The summed E-state index contributed by atoms with van der Waals surface area (Å²) < 4.78 is 46.3. The summed E-state index contributed by atoms with van der Waals surface area (Å²) in [6.45, 7) is 13.6. The summed E-state index contributed by atoms with van der Waals surface area (Å²) in [4.78, 5) is 27.7. The lowest BCUT2D eigenvalue weighted by Crippen LogP contribution is -2.45. The molecule has 1 aliphatic rings. The predicted octanol–water partition coefficient (Wildman–Crippen LogP) is 3.36. The van der Waals surface area contributed by atoms with E-state index in [-0.39, 0.29) is 30.0 Å². The highest BCUT2D eigenvalue weighted by atomic mass is 28.4. The number of aromatic nitrogens is 2. The zero-order chi connectivity index (χ0) is 24.5. The standard InChI is InChI=1S/C20H33F2N3O6Si/c1-12(2)10-29-18(28)24-14-8-9-25(17(27)23-14)16-20(21,22)15(26)13(31-16)11-30-32(6,7)19(3,4)5/h8-9,12-13,15-16,26H,10-11H2,1-7H3,(H,23,24,27,28)/t13-,15-,16-/m1/s1. The summed E-state index contributed by atoms with van der Waals surface area (Å²) >= 11 is 0. The molecule has 1 aromatic rings. The van der Waals surface area contributed by atoms with Crippen LogP contribution in [0.25, 0.3) is 0 Å². The average molecular weight is 478 g/mol. The van der Waals surface area contributed by atoms with Crippen LogP contribution in [0.1, 0.15) is 40.8 Å². The summed E-state index contributed by atoms with van der Waals surface area (Å²) in [6, 6.07) is 1.17. The smallest absolute Gasteiger partial charge is 0.412 e. The van der Waals surface area contributed by atoms with Crippen molar-refractivity contribution in [3.05, 3.63) is 22.7 Å². The van der Waals surface area contributed by atoms with Crippen molar-refractivity contribution in [3.8, 4) is 0 Å². The van der Waals surface area contributed by atoms with Crippen molar-refractivity contribution in [1.29, 1.82) is 0 Å². The van der Waals surface area contributed by atoms with Gasteiger partial charge in [-0.15, -0.1) is 0 Å². The molecule has 0 bridgehead atoms. The molecular weight excluding hydrogens is 444 g/mol. The molecule has 0 aromatic carbocycles. The van der Waals surface area contributed by atoms with E-state index in [2.05, 4.69) is 10.3 Å². The second-order valence-corrected chi connectivity index (χ2v) is 14.6. The summed E-state index contributed by atoms with van der Waals surface area (Å²) in [5.41, 5.74) is -1.07. The fraction of sp³-hybridized carbons (Fsp3) is 0.750. The lowest BCUT2D eigenvalue weighted by Gasteiger charge is -2.37. The highest BCUT2D eigenvalue weighted by Crippen LogP contribution is 2.43. The van der Waals surface area contributed by atoms with Crippen molar-refractivity contribution in [2.45, 2.75) is 77.1 Å². The van der Waals surface area contributed by atoms with Gasteiger partial charge in [0.2, 0.25) is 6.23 Å². The van der Waals surface area contributed by atoms with Crippen LogP contribution in [0.5, 0.6) is 0 Å². The molecular formula is C20H33F2N3O6Si. The molecule has 182 valence electrons. The van der Waals surface area contributed by atoms with Crippen LogP contribution in [0.2, 0.25) is 18.1 Å². The number of ether oxygens (including phenoxy) is 2. The van der Waals surface area contributed by atoms with Crippen molar-refractivity contribution in [2.75, 3.05) is 18.5 Å². The van der Waals surface area contributed by atoms with E-state index >= 15 is 0 Å². The Bertz CT molecular complexity index is 872. The Morgan fingerprint density at radius 3 is 2.56 bits per heavy atom. The van der Waals surface area contributed by atoms with Gasteiger partial charge in [0.25, 0.3) is 0 Å². The number of nitrogens with one attached hydrogen (secondary N) is 1. The van der Waals surface area contributed by atoms with E-state index < -0.39 is 44.5 Å². The van der Waals surface area contributed by atoms with Gasteiger partial charge < -0.3 is 19.0 Å². The first kappa shape index (κ1) is 26.4. The number of nitrogens with zero attached hydrogens (tertiary/aromatic N) is 2. The van der Waals surface area contributed by atoms with Crippen molar-refractivity contribution >= 4 is 20.2 Å². The number of hydrogen-bond acceptors (Lipinski definition) is 7. The first-order valence-electron chi connectivity index (χ1n) is 10.4. The number of amides is 1. The maximum atomic E-state index is 14.8. The van der Waals surface area contributed by atoms with Crippen LogP contribution in [0.3, 0.4) is 0 Å². The van der Waals surface area contributed by atoms with Crippen molar-refractivity contribution in [2.24, 2.45) is 5.92 Å². The minimum Gasteiger partial charge on any atom is -0.449 e. The maximum Gasteiger partial charge on any atom is 0.412 e. The number of anilines is 1. The zero-order valence-corrected chi connectivity index (χ0v) is 20.5. The molecule has 0 radical (unpaired) electrons. The lowest BCUT2D eigenvalue weighted by atomic mass is 10.1. The summed E-state index contributed by atoms with van der Waals surface area (Å²) in [7, 11) is -2.27. The molecule has 0 saturated carbocycles. The summed E-state index contributed by atoms with van der Waals surface area (Å²) in [5.74, 6) is -3.79. The van der Waals surface area contributed by atoms with Crippen LogP contribution < -0.4 is 11.0 Å². The van der Waals surface area contributed by atoms with Crippen molar-refractivity contribution < 1.29 is 32.6 Å². The van der Waals surface area contributed by atoms with Gasteiger partial charge in [-0.2, -0.15) is 13.8 Å². The third-order valence-corrected chi connectivity index (χ3v) is 10.2. The molecule has 0 aliphatic carbocycles. The minimum absolute atomic E-state index is 0.114. The molecule has 12 heteroatoms. The Hall–Kier alpha value is -1.89. The maximum absolute atomic E-state index is 14.8. The fourth-order valence-corrected chi connectivity index (χ4v) is 3.67. The normalized spacial score (nSPS) is 23.4. The highest BCUT2D eigenvalue weighted by Gasteiger charge is 2.60. The van der Waals surface area contributed by atoms with E-state index in [9.17, 15) is 23.5 Å². The van der Waals surface area contributed by atoms with E-state index in [1.807, 2.05) is 47.7 Å². The van der Waals surface area contributed by atoms with E-state index in [1.54, 1.807) is 0 Å². The molecule has 0 spiro atoms. The quantitative estimate of drug-likeness (QED) is 0.579. The molecule has 1 fully saturated rings. The van der Waals surface area contributed by atoms with Crippen molar-refractivity contribution in [1.82, 2.24) is 9.55 Å². The highest BCUT2D eigenvalue weighted by molar-refractivity contribution is 6.74. The second-order valence-electron chi connectivity index (χ2n) is 9.84. The Kier molecular flexibility index (Phi) is 7.85. The molecule has 1 saturated heterocycles. The molecule has 2 heterocycles. The molecule has 0 unspecified atom stereocenters. The zero-order valence-electron chi connectivity index (χ0n) is 19.5. The number of rotatable bonds is 7. The minimum atomic E-state index is -3.75. The van der Waals surface area contributed by atoms with Crippen LogP contribution in [0.15, 0.2) is 17.1 Å². The largest absolute Gasteiger partial charge is 0.449 e. The topological polar surface area (TPSA) is 112 Å². The SMILES string of the molecule is CC(C)COC(=O)Nc1ccn([C@@H]2O[C@H](CO[Si](C)(C)C(C)(C)C)[C@@H](O)C2(F)F)c(=O)n1. The van der Waals surface area contributed by atoms with Gasteiger partial charge in [-0.3, -0.25) is 9.88 Å². The van der Waals surface area contributed by atoms with E-state index in [4.69, 9.17) is 13.9 Å². The van der Waals surface area contributed by atoms with E-state index in [1.165, 1.54) is 6.07 Å². The third-order valence-electron chi connectivity index (χ3n) is 5.65. The fourth-order valence-electron chi connectivity index (χ4n) is 2.66. The Labute approximate surface area is 187 Å². The Balaban J connectivity index is 2.13. The van der Waals surface area contributed by atoms with Gasteiger partial charge in [0.1, 0.15) is 11.9 Å². The van der Waals surface area contributed by atoms with Crippen LogP contribution in [-0.2, 0) is 13.9 Å². The van der Waals surface area contributed by atoms with Crippen LogP contribution in [-0.4, -0.2) is 60.4 Å². The van der Waals surface area contributed by atoms with Gasteiger partial charge in [-0.05, 0) is 30.1 Å². The molecule has 9 nitrogen and oxygen atoms in total. The molecule has 32 heavy (non-hydrogen) atoms. The van der Waals surface area contributed by atoms with E-state index in [0.717, 1.165) is 6.20 Å². The monoisotopic (exact) mass is 477 g/mol. The van der Waals surface area contributed by atoms with Gasteiger partial charge >= 0.3 is 17.7 Å². The first-order chi connectivity index (χ1) is 14.6. The predicted molar refractivity (Wildman–Crippen MR) is 116 cm³/mol. The van der Waals surface area contributed by atoms with Crippen molar-refractivity contribution in [3.63, 3.8) is 0 Å². The molecule has 1 amide bonds. The number of halogens is 2. The second kappa shape index (κ2) is 9.54. The number of aliphatic hydroxyl groups excluding tert-OH is 1. The number of alkyl halides is 2. The molecule has 3 atom stereocenters. The number of hydrogen-bond donors (Lipinski definition) is 2. The molecule has 2 N–H and O–H groups in total. The number of carbonyl (C=O) groups is 1. The lowest BCUT2D eigenvalue weighted by molar-refractivity contribution is -0.140. The van der Waals surface area contributed by atoms with Gasteiger partial charge in [0.05, 0.1) is 13.2 Å². The average Bonchev–Trinajstić information content (AvgIpc) is 2.87. The van der Waals surface area contributed by atoms with Crippen LogP contribution in [0.4, 0.5) is 19.4 Å². The molecule has 2 rings (SSSR count). The van der Waals surface area contributed by atoms with Gasteiger partial charge in [-0.25, -0.2) is 9.59 Å². The molecule has 1 aromatic heterocycles. The van der Waals surface area contributed by atoms with Gasteiger partial charge in [0, 0.05) is 6.20 Å². The van der Waals surface area contributed by atoms with Gasteiger partial charge in [-0.1, -0.05) is 34.6 Å². The number of carbonyl (C=O) groups excluding carboxylic acids is 1. The molecule has 1 aliphatic heterocycles. The van der Waals surface area contributed by atoms with Gasteiger partial charge in [0.15, 0.2) is 14.4 Å². The Morgan fingerprint density at radius 2 is 2.03 bits per heavy atom. The summed E-state index contributed by atoms with van der Waals surface area (Å²) in [6.07, 6.45) is -5.33. The van der Waals surface area contributed by atoms with E-state index in [0.29, 0.717) is 4.57 Å². The van der Waals surface area contributed by atoms with Crippen LogP contribution >= 0.6 is 0 Å².